The maximum atomic E-state index is 13.9. The zero-order chi connectivity index (χ0) is 21.8. The van der Waals surface area contributed by atoms with E-state index in [1.807, 2.05) is 12.0 Å². The van der Waals surface area contributed by atoms with Gasteiger partial charge in [0, 0.05) is 49.4 Å². The number of aliphatic imine (C=N–C) groups is 1. The lowest BCUT2D eigenvalue weighted by atomic mass is 10.0. The lowest BCUT2D eigenvalue weighted by Crippen LogP contribution is -2.55. The Hall–Kier alpha value is -2.65. The van der Waals surface area contributed by atoms with Crippen LogP contribution in [0, 0.1) is 5.82 Å². The summed E-state index contributed by atoms with van der Waals surface area (Å²) < 4.78 is 58.8. The first-order valence-electron chi connectivity index (χ1n) is 10.3. The van der Waals surface area contributed by atoms with Crippen molar-refractivity contribution < 1.29 is 22.3 Å². The number of ether oxygens (including phenoxy) is 1. The number of fused-ring (bicyclic) bond motifs is 3. The van der Waals surface area contributed by atoms with Gasteiger partial charge in [-0.25, -0.2) is 14.3 Å². The normalized spacial score (nSPS) is 23.4. The Labute approximate surface area is 177 Å². The molecule has 0 bridgehead atoms. The fraction of sp³-hybridized carbons (Fsp3) is 0.409. The average molecular weight is 435 g/mol. The molecule has 5 rings (SSSR count). The van der Waals surface area contributed by atoms with Crippen molar-refractivity contribution in [1.82, 2.24) is 9.80 Å². The van der Waals surface area contributed by atoms with E-state index < -0.39 is 17.6 Å². The highest BCUT2D eigenvalue weighted by atomic mass is 19.4. The quantitative estimate of drug-likeness (QED) is 0.538. The van der Waals surface area contributed by atoms with Crippen LogP contribution in [0.15, 0.2) is 41.4 Å². The first-order chi connectivity index (χ1) is 14.8. The summed E-state index contributed by atoms with van der Waals surface area (Å²) in [6.07, 6.45) is -2.31. The van der Waals surface area contributed by atoms with Crippen molar-refractivity contribution >= 4 is 22.9 Å². The maximum absolute atomic E-state index is 13.9. The van der Waals surface area contributed by atoms with Gasteiger partial charge in [-0.1, -0.05) is 0 Å². The van der Waals surface area contributed by atoms with E-state index in [1.165, 1.54) is 18.2 Å². The number of benzene rings is 2. The van der Waals surface area contributed by atoms with Crippen molar-refractivity contribution in [3.63, 3.8) is 0 Å². The number of nitrogens with zero attached hydrogens (tertiary/aromatic N) is 3. The third-order valence-electron chi connectivity index (χ3n) is 6.31. The molecule has 0 spiro atoms. The van der Waals surface area contributed by atoms with Gasteiger partial charge < -0.3 is 15.0 Å². The van der Waals surface area contributed by atoms with E-state index in [-0.39, 0.29) is 12.3 Å². The SMILES string of the molecule is C[OH+][C@H]1CC[C@H]2CN(C3=Nc4cc(F)ccc4Nc4ccc(C(F)(F)F)cc43)CCN21. The molecule has 0 unspecified atom stereocenters. The first-order valence-corrected chi connectivity index (χ1v) is 10.3. The molecule has 0 saturated carbocycles. The van der Waals surface area contributed by atoms with E-state index in [0.29, 0.717) is 41.6 Å². The Bertz CT molecular complexity index is 1040. The molecule has 2 fully saturated rings. The van der Waals surface area contributed by atoms with Crippen molar-refractivity contribution in [2.75, 3.05) is 32.1 Å². The van der Waals surface area contributed by atoms with Gasteiger partial charge in [0.15, 0.2) is 0 Å². The van der Waals surface area contributed by atoms with Crippen LogP contribution in [0.4, 0.5) is 34.6 Å². The minimum atomic E-state index is -4.47. The molecule has 0 amide bonds. The minimum absolute atomic E-state index is 0.198. The lowest BCUT2D eigenvalue weighted by Gasteiger charge is -2.39. The summed E-state index contributed by atoms with van der Waals surface area (Å²) in [4.78, 5) is 9.05. The Kier molecular flexibility index (Phi) is 4.90. The van der Waals surface area contributed by atoms with Gasteiger partial charge in [0.05, 0.1) is 16.9 Å². The maximum Gasteiger partial charge on any atom is 0.416 e. The van der Waals surface area contributed by atoms with Gasteiger partial charge in [-0.3, -0.25) is 0 Å². The summed E-state index contributed by atoms with van der Waals surface area (Å²) in [6.45, 7) is 2.01. The number of nitrogens with one attached hydrogen (secondary N) is 1. The van der Waals surface area contributed by atoms with Crippen LogP contribution in [-0.4, -0.2) is 59.4 Å². The van der Waals surface area contributed by atoms with Crippen LogP contribution in [0.3, 0.4) is 0 Å². The molecule has 0 aliphatic carbocycles. The van der Waals surface area contributed by atoms with E-state index in [4.69, 9.17) is 0 Å². The molecule has 2 N–H and O–H groups in total. The van der Waals surface area contributed by atoms with E-state index in [1.54, 1.807) is 6.07 Å². The fourth-order valence-electron chi connectivity index (χ4n) is 4.77. The van der Waals surface area contributed by atoms with Gasteiger partial charge in [0.1, 0.15) is 18.8 Å². The number of amidine groups is 1. The van der Waals surface area contributed by atoms with E-state index in [9.17, 15) is 17.6 Å². The van der Waals surface area contributed by atoms with Crippen LogP contribution in [0.2, 0.25) is 0 Å². The van der Waals surface area contributed by atoms with E-state index in [2.05, 4.69) is 19.9 Å². The topological polar surface area (TPSA) is 43.7 Å². The zero-order valence-corrected chi connectivity index (χ0v) is 17.0. The standard InChI is InChI=1S/C22H22F4N4O/c1-31-20-7-4-15-12-29(8-9-30(15)20)21-16-10-13(22(24,25)26)2-5-17(16)27-18-6-3-14(23)11-19(18)28-21/h2-3,5-6,10-11,15,20,27H,4,7-9,12H2,1H3/p+1/t15-,20-/m0/s1. The number of hydrogen-bond acceptors (Lipinski definition) is 4. The predicted octanol–water partition coefficient (Wildman–Crippen LogP) is 4.24. The van der Waals surface area contributed by atoms with Crippen molar-refractivity contribution in [3.8, 4) is 0 Å². The fourth-order valence-corrected chi connectivity index (χ4v) is 4.77. The molecule has 31 heavy (non-hydrogen) atoms. The van der Waals surface area contributed by atoms with Crippen LogP contribution < -0.4 is 5.32 Å². The van der Waals surface area contributed by atoms with Crippen LogP contribution in [0.25, 0.3) is 0 Å². The molecule has 2 atom stereocenters. The lowest BCUT2D eigenvalue weighted by molar-refractivity contribution is -0.143. The van der Waals surface area contributed by atoms with Crippen LogP contribution in [-0.2, 0) is 6.18 Å². The molecule has 0 aromatic heterocycles. The highest BCUT2D eigenvalue weighted by Crippen LogP contribution is 2.39. The van der Waals surface area contributed by atoms with Crippen molar-refractivity contribution in [2.24, 2.45) is 4.99 Å². The first kappa shape index (κ1) is 20.3. The molecule has 9 heteroatoms. The minimum Gasteiger partial charge on any atom is -0.422 e. The summed E-state index contributed by atoms with van der Waals surface area (Å²) in [6, 6.07) is 8.04. The summed E-state index contributed by atoms with van der Waals surface area (Å²) in [5, 5.41) is 3.14. The van der Waals surface area contributed by atoms with Crippen molar-refractivity contribution in [3.05, 3.63) is 53.3 Å². The third kappa shape index (κ3) is 3.65. The molecule has 3 heterocycles. The van der Waals surface area contributed by atoms with Crippen LogP contribution >= 0.6 is 0 Å². The average Bonchev–Trinajstić information content (AvgIpc) is 3.08. The number of rotatable bonds is 1. The third-order valence-corrected chi connectivity index (χ3v) is 6.31. The molecular formula is C22H23F4N4O+. The molecule has 164 valence electrons. The number of anilines is 2. The van der Waals surface area contributed by atoms with E-state index >= 15 is 0 Å². The summed E-state index contributed by atoms with van der Waals surface area (Å²) >= 11 is 0. The largest absolute Gasteiger partial charge is 0.422 e. The molecule has 3 aliphatic rings. The zero-order valence-electron chi connectivity index (χ0n) is 17.0. The van der Waals surface area contributed by atoms with Crippen LogP contribution in [0.1, 0.15) is 24.0 Å². The summed E-state index contributed by atoms with van der Waals surface area (Å²) in [5.74, 6) is -0.00640. The number of halogens is 4. The molecule has 5 nitrogen and oxygen atoms in total. The molecule has 3 aliphatic heterocycles. The monoisotopic (exact) mass is 435 g/mol. The molecule has 2 aromatic rings. The Morgan fingerprint density at radius 3 is 2.65 bits per heavy atom. The number of alkyl halides is 3. The van der Waals surface area contributed by atoms with Crippen molar-refractivity contribution in [2.45, 2.75) is 31.3 Å². The number of hydrogen-bond donors (Lipinski definition) is 1. The Morgan fingerprint density at radius 2 is 1.87 bits per heavy atom. The van der Waals surface area contributed by atoms with Gasteiger partial charge in [0.2, 0.25) is 6.23 Å². The summed E-state index contributed by atoms with van der Waals surface area (Å²) in [5.41, 5.74) is 1.08. The second-order valence-electron chi connectivity index (χ2n) is 8.13. The van der Waals surface area contributed by atoms with E-state index in [0.717, 1.165) is 31.5 Å². The second-order valence-corrected chi connectivity index (χ2v) is 8.13. The second kappa shape index (κ2) is 7.49. The van der Waals surface area contributed by atoms with Gasteiger partial charge >= 0.3 is 6.18 Å². The highest BCUT2D eigenvalue weighted by molar-refractivity contribution is 6.08. The van der Waals surface area contributed by atoms with Crippen molar-refractivity contribution in [1.29, 1.82) is 0 Å². The molecular weight excluding hydrogens is 412 g/mol. The van der Waals surface area contributed by atoms with Gasteiger partial charge in [-0.05, 0) is 36.8 Å². The van der Waals surface area contributed by atoms with Crippen LogP contribution in [0.5, 0.6) is 0 Å². The van der Waals surface area contributed by atoms with Gasteiger partial charge in [0.25, 0.3) is 0 Å². The van der Waals surface area contributed by atoms with Gasteiger partial charge in [-0.2, -0.15) is 13.2 Å². The Balaban J connectivity index is 1.59. The Morgan fingerprint density at radius 1 is 1.06 bits per heavy atom. The smallest absolute Gasteiger partial charge is 0.416 e. The molecule has 0 radical (unpaired) electrons. The molecule has 2 saturated heterocycles. The summed E-state index contributed by atoms with van der Waals surface area (Å²) in [7, 11) is 1.82. The highest BCUT2D eigenvalue weighted by Gasteiger charge is 2.41. The molecule has 2 aromatic carbocycles. The number of aliphatic hydroxyl groups is 2. The predicted molar refractivity (Wildman–Crippen MR) is 111 cm³/mol. The number of piperazine rings is 1. The van der Waals surface area contributed by atoms with Gasteiger partial charge in [-0.15, -0.1) is 0 Å².